The van der Waals surface area contributed by atoms with E-state index in [0.717, 1.165) is 0 Å². The van der Waals surface area contributed by atoms with Gasteiger partial charge in [-0.05, 0) is 19.1 Å². The fraction of sp³-hybridized carbons (Fsp3) is 0.200. The number of primary amides is 1. The molecule has 1 aromatic heterocycles. The molecule has 0 saturated heterocycles. The summed E-state index contributed by atoms with van der Waals surface area (Å²) in [6.07, 6.45) is 0. The van der Waals surface area contributed by atoms with E-state index >= 15 is 0 Å². The lowest BCUT2D eigenvalue weighted by molar-refractivity contribution is -0.120. The molecule has 2 rings (SSSR count). The quantitative estimate of drug-likeness (QED) is 0.876. The minimum Gasteiger partial charge on any atom is -0.369 e. The Kier molecular flexibility index (Phi) is 2.89. The number of halogens is 2. The van der Waals surface area contributed by atoms with E-state index in [9.17, 15) is 4.79 Å². The third kappa shape index (κ3) is 1.92. The number of aromatic nitrogens is 2. The molecule has 1 atom stereocenters. The van der Waals surface area contributed by atoms with E-state index in [1.807, 2.05) is 0 Å². The maximum Gasteiger partial charge on any atom is 0.240 e. The molecule has 90 valence electrons. The minimum atomic E-state index is -0.600. The van der Waals surface area contributed by atoms with Crippen molar-refractivity contribution in [3.05, 3.63) is 22.2 Å². The number of rotatable bonds is 2. The van der Waals surface area contributed by atoms with Crippen molar-refractivity contribution >= 4 is 46.1 Å². The Morgan fingerprint density at radius 2 is 2.00 bits per heavy atom. The largest absolute Gasteiger partial charge is 0.369 e. The number of hydrogen-bond donors (Lipinski definition) is 2. The van der Waals surface area contributed by atoms with Crippen molar-refractivity contribution in [3.8, 4) is 0 Å². The smallest absolute Gasteiger partial charge is 0.240 e. The summed E-state index contributed by atoms with van der Waals surface area (Å²) in [5, 5.41) is 0.757. The highest BCUT2D eigenvalue weighted by molar-refractivity contribution is 6.42. The molecule has 0 spiro atoms. The van der Waals surface area contributed by atoms with Crippen LogP contribution < -0.4 is 11.5 Å². The highest BCUT2D eigenvalue weighted by atomic mass is 35.5. The first-order valence-corrected chi connectivity index (χ1v) is 5.59. The lowest BCUT2D eigenvalue weighted by Crippen LogP contribution is -2.24. The molecule has 1 aromatic carbocycles. The van der Waals surface area contributed by atoms with Gasteiger partial charge in [-0.3, -0.25) is 9.36 Å². The van der Waals surface area contributed by atoms with Gasteiger partial charge in [0.1, 0.15) is 6.04 Å². The Bertz CT molecular complexity index is 608. The number of nitrogens with two attached hydrogens (primary N) is 2. The van der Waals surface area contributed by atoms with Gasteiger partial charge < -0.3 is 11.5 Å². The molecule has 0 radical (unpaired) electrons. The molecule has 5 nitrogen and oxygen atoms in total. The van der Waals surface area contributed by atoms with Gasteiger partial charge in [0.2, 0.25) is 11.9 Å². The SMILES string of the molecule is CC(C(N)=O)n1c(N)nc2cc(Cl)c(Cl)cc21. The highest BCUT2D eigenvalue weighted by Gasteiger charge is 2.19. The van der Waals surface area contributed by atoms with Crippen LogP contribution in [0.25, 0.3) is 11.0 Å². The molecular formula is C10H10Cl2N4O. The third-order valence-corrected chi connectivity index (χ3v) is 3.28. The maximum atomic E-state index is 11.2. The Balaban J connectivity index is 2.75. The highest BCUT2D eigenvalue weighted by Crippen LogP contribution is 2.30. The molecule has 0 aliphatic heterocycles. The molecule has 7 heteroatoms. The summed E-state index contributed by atoms with van der Waals surface area (Å²) in [7, 11) is 0. The van der Waals surface area contributed by atoms with Gasteiger partial charge in [0.15, 0.2) is 0 Å². The molecular weight excluding hydrogens is 263 g/mol. The molecule has 0 bridgehead atoms. The molecule has 1 unspecified atom stereocenters. The summed E-state index contributed by atoms with van der Waals surface area (Å²) in [6, 6.07) is 2.61. The van der Waals surface area contributed by atoms with Crippen LogP contribution in [-0.2, 0) is 4.79 Å². The summed E-state index contributed by atoms with van der Waals surface area (Å²) in [6.45, 7) is 1.64. The average molecular weight is 273 g/mol. The van der Waals surface area contributed by atoms with E-state index in [4.69, 9.17) is 34.7 Å². The average Bonchev–Trinajstić information content (AvgIpc) is 2.53. The van der Waals surface area contributed by atoms with E-state index < -0.39 is 11.9 Å². The van der Waals surface area contributed by atoms with Crippen molar-refractivity contribution in [1.29, 1.82) is 0 Å². The zero-order chi connectivity index (χ0) is 12.7. The van der Waals surface area contributed by atoms with Crippen LogP contribution in [0, 0.1) is 0 Å². The summed E-state index contributed by atoms with van der Waals surface area (Å²) in [5.41, 5.74) is 12.2. The molecule has 4 N–H and O–H groups in total. The molecule has 0 saturated carbocycles. The standard InChI is InChI=1S/C10H10Cl2N4O/c1-4(9(13)17)16-8-3-6(12)5(11)2-7(8)15-10(16)14/h2-4H,1H3,(H2,13,17)(H2,14,15). The van der Waals surface area contributed by atoms with E-state index in [2.05, 4.69) is 4.98 Å². The number of imidazole rings is 1. The fourth-order valence-corrected chi connectivity index (χ4v) is 1.96. The van der Waals surface area contributed by atoms with Gasteiger partial charge in [0.05, 0.1) is 21.1 Å². The molecule has 1 amide bonds. The number of fused-ring (bicyclic) bond motifs is 1. The third-order valence-electron chi connectivity index (χ3n) is 2.56. The second-order valence-electron chi connectivity index (χ2n) is 3.67. The van der Waals surface area contributed by atoms with Gasteiger partial charge in [-0.1, -0.05) is 23.2 Å². The topological polar surface area (TPSA) is 86.9 Å². The molecule has 1 heterocycles. The van der Waals surface area contributed by atoms with E-state index in [1.165, 1.54) is 4.57 Å². The number of hydrogen-bond acceptors (Lipinski definition) is 3. The van der Waals surface area contributed by atoms with Crippen molar-refractivity contribution in [3.63, 3.8) is 0 Å². The number of nitrogen functional groups attached to an aromatic ring is 1. The van der Waals surface area contributed by atoms with Crippen LogP contribution in [0.2, 0.25) is 10.0 Å². The van der Waals surface area contributed by atoms with Crippen molar-refractivity contribution in [2.75, 3.05) is 5.73 Å². The first-order chi connectivity index (χ1) is 7.91. The predicted molar refractivity (Wildman–Crippen MR) is 68.1 cm³/mol. The van der Waals surface area contributed by atoms with Crippen LogP contribution in [-0.4, -0.2) is 15.5 Å². The van der Waals surface area contributed by atoms with Gasteiger partial charge in [0.25, 0.3) is 0 Å². The Labute approximate surface area is 107 Å². The van der Waals surface area contributed by atoms with Crippen LogP contribution in [0.4, 0.5) is 5.95 Å². The van der Waals surface area contributed by atoms with Gasteiger partial charge >= 0.3 is 0 Å². The zero-order valence-electron chi connectivity index (χ0n) is 8.95. The zero-order valence-corrected chi connectivity index (χ0v) is 10.5. The van der Waals surface area contributed by atoms with E-state index in [1.54, 1.807) is 19.1 Å². The number of amides is 1. The Morgan fingerprint density at radius 1 is 1.41 bits per heavy atom. The number of carbonyl (C=O) groups is 1. The fourth-order valence-electron chi connectivity index (χ4n) is 1.64. The van der Waals surface area contributed by atoms with Gasteiger partial charge in [0, 0.05) is 0 Å². The lowest BCUT2D eigenvalue weighted by atomic mass is 10.2. The molecule has 0 aliphatic rings. The summed E-state index contributed by atoms with van der Waals surface area (Å²) >= 11 is 11.8. The maximum absolute atomic E-state index is 11.2. The predicted octanol–water partition coefficient (Wildman–Crippen LogP) is 1.97. The molecule has 2 aromatic rings. The summed E-state index contributed by atoms with van der Waals surface area (Å²) in [4.78, 5) is 15.3. The van der Waals surface area contributed by atoms with E-state index in [0.29, 0.717) is 21.1 Å². The van der Waals surface area contributed by atoms with Gasteiger partial charge in [-0.2, -0.15) is 0 Å². The van der Waals surface area contributed by atoms with Crippen molar-refractivity contribution < 1.29 is 4.79 Å². The van der Waals surface area contributed by atoms with Crippen LogP contribution in [0.1, 0.15) is 13.0 Å². The normalized spacial score (nSPS) is 12.9. The molecule has 17 heavy (non-hydrogen) atoms. The Morgan fingerprint density at radius 3 is 2.59 bits per heavy atom. The van der Waals surface area contributed by atoms with E-state index in [-0.39, 0.29) is 5.95 Å². The van der Waals surface area contributed by atoms with Crippen LogP contribution in [0.15, 0.2) is 12.1 Å². The number of benzene rings is 1. The molecule has 0 aliphatic carbocycles. The first-order valence-electron chi connectivity index (χ1n) is 4.83. The van der Waals surface area contributed by atoms with Crippen LogP contribution >= 0.6 is 23.2 Å². The van der Waals surface area contributed by atoms with Gasteiger partial charge in [-0.15, -0.1) is 0 Å². The minimum absolute atomic E-state index is 0.199. The van der Waals surface area contributed by atoms with Crippen LogP contribution in [0.3, 0.4) is 0 Å². The number of anilines is 1. The summed E-state index contributed by atoms with van der Waals surface area (Å²) in [5.74, 6) is -0.299. The van der Waals surface area contributed by atoms with Crippen molar-refractivity contribution in [1.82, 2.24) is 9.55 Å². The van der Waals surface area contributed by atoms with Crippen LogP contribution in [0.5, 0.6) is 0 Å². The van der Waals surface area contributed by atoms with Crippen molar-refractivity contribution in [2.24, 2.45) is 5.73 Å². The van der Waals surface area contributed by atoms with Gasteiger partial charge in [-0.25, -0.2) is 4.98 Å². The second-order valence-corrected chi connectivity index (χ2v) is 4.49. The van der Waals surface area contributed by atoms with Crippen molar-refractivity contribution in [2.45, 2.75) is 13.0 Å². The lowest BCUT2D eigenvalue weighted by Gasteiger charge is -2.12. The number of carbonyl (C=O) groups excluding carboxylic acids is 1. The summed E-state index contributed by atoms with van der Waals surface area (Å²) < 4.78 is 1.53. The molecule has 0 fully saturated rings. The second kappa shape index (κ2) is 4.09. The first kappa shape index (κ1) is 12.0. The monoisotopic (exact) mass is 272 g/mol. The Hall–Kier alpha value is -1.46. The number of nitrogens with zero attached hydrogens (tertiary/aromatic N) is 2.